The molecule has 1 saturated heterocycles. The van der Waals surface area contributed by atoms with Crippen LogP contribution in [0.25, 0.3) is 0 Å². The van der Waals surface area contributed by atoms with Gasteiger partial charge in [-0.25, -0.2) is 0 Å². The molecule has 0 bridgehead atoms. The van der Waals surface area contributed by atoms with Gasteiger partial charge in [0.25, 0.3) is 0 Å². The van der Waals surface area contributed by atoms with Crippen LogP contribution in [0.2, 0.25) is 0 Å². The van der Waals surface area contributed by atoms with E-state index < -0.39 is 0 Å². The molecule has 2 heteroatoms. The summed E-state index contributed by atoms with van der Waals surface area (Å²) in [5.74, 6) is 0.0549. The van der Waals surface area contributed by atoms with Crippen molar-refractivity contribution < 1.29 is 4.79 Å². The number of nitrogens with one attached hydrogen (secondary N) is 1. The molecule has 1 fully saturated rings. The van der Waals surface area contributed by atoms with Crippen LogP contribution >= 0.6 is 0 Å². The van der Waals surface area contributed by atoms with E-state index in [1.807, 2.05) is 0 Å². The van der Waals surface area contributed by atoms with Gasteiger partial charge in [0.2, 0.25) is 5.91 Å². The van der Waals surface area contributed by atoms with Crippen LogP contribution in [0.5, 0.6) is 0 Å². The Morgan fingerprint density at radius 3 is 2.33 bits per heavy atom. The first-order valence-corrected chi connectivity index (χ1v) is 6.47. The highest BCUT2D eigenvalue weighted by molar-refractivity contribution is 5.86. The lowest BCUT2D eigenvalue weighted by atomic mass is 9.84. The molecule has 0 radical (unpaired) electrons. The zero-order chi connectivity index (χ0) is 13.3. The Morgan fingerprint density at radius 2 is 1.83 bits per heavy atom. The number of piperidine rings is 1. The highest BCUT2D eigenvalue weighted by Gasteiger charge is 2.25. The number of hydrogen-bond donors (Lipinski definition) is 1. The van der Waals surface area contributed by atoms with Crippen molar-refractivity contribution in [1.29, 1.82) is 0 Å². The van der Waals surface area contributed by atoms with E-state index in [4.69, 9.17) is 0 Å². The zero-order valence-electron chi connectivity index (χ0n) is 11.4. The van der Waals surface area contributed by atoms with E-state index in [-0.39, 0.29) is 17.2 Å². The van der Waals surface area contributed by atoms with Gasteiger partial charge in [-0.3, -0.25) is 4.79 Å². The van der Waals surface area contributed by atoms with Crippen molar-refractivity contribution in [2.24, 2.45) is 0 Å². The van der Waals surface area contributed by atoms with E-state index in [0.717, 1.165) is 24.1 Å². The Hall–Kier alpha value is -1.57. The third kappa shape index (κ3) is 2.63. The van der Waals surface area contributed by atoms with Gasteiger partial charge < -0.3 is 5.32 Å². The summed E-state index contributed by atoms with van der Waals surface area (Å²) < 4.78 is 0. The molecule has 96 valence electrons. The molecule has 2 rings (SSSR count). The smallest absolute Gasteiger partial charge is 0.231 e. The molecule has 1 heterocycles. The summed E-state index contributed by atoms with van der Waals surface area (Å²) in [6, 6.07) is 8.43. The second-order valence-electron chi connectivity index (χ2n) is 6.06. The van der Waals surface area contributed by atoms with E-state index in [1.165, 1.54) is 5.56 Å². The third-order valence-electron chi connectivity index (χ3n) is 3.53. The average molecular weight is 243 g/mol. The van der Waals surface area contributed by atoms with Gasteiger partial charge >= 0.3 is 0 Å². The molecule has 1 unspecified atom stereocenters. The average Bonchev–Trinajstić information content (AvgIpc) is 2.28. The summed E-state index contributed by atoms with van der Waals surface area (Å²) >= 11 is 0. The monoisotopic (exact) mass is 243 g/mol. The summed E-state index contributed by atoms with van der Waals surface area (Å²) in [5.41, 5.74) is 3.39. The quantitative estimate of drug-likeness (QED) is 0.803. The first kappa shape index (κ1) is 12.9. The third-order valence-corrected chi connectivity index (χ3v) is 3.53. The number of carbonyl (C=O) groups excluding carboxylic acids is 1. The fraction of sp³-hybridized carbons (Fsp3) is 0.438. The predicted molar refractivity (Wildman–Crippen MR) is 74.4 cm³/mol. The number of benzene rings is 1. The van der Waals surface area contributed by atoms with Crippen molar-refractivity contribution in [3.8, 4) is 0 Å². The van der Waals surface area contributed by atoms with E-state index in [0.29, 0.717) is 0 Å². The highest BCUT2D eigenvalue weighted by atomic mass is 16.1. The maximum Gasteiger partial charge on any atom is 0.231 e. The van der Waals surface area contributed by atoms with Crippen LogP contribution in [0, 0.1) is 0 Å². The summed E-state index contributed by atoms with van der Waals surface area (Å²) in [7, 11) is 0. The second-order valence-corrected chi connectivity index (χ2v) is 6.06. The molecule has 18 heavy (non-hydrogen) atoms. The molecule has 0 aromatic heterocycles. The lowest BCUT2D eigenvalue weighted by molar-refractivity contribution is -0.122. The molecule has 1 aromatic rings. The van der Waals surface area contributed by atoms with Gasteiger partial charge in [-0.1, -0.05) is 51.6 Å². The van der Waals surface area contributed by atoms with E-state index in [2.05, 4.69) is 56.9 Å². The van der Waals surface area contributed by atoms with Gasteiger partial charge in [0.15, 0.2) is 0 Å². The van der Waals surface area contributed by atoms with E-state index in [1.54, 1.807) is 0 Å². The van der Waals surface area contributed by atoms with Gasteiger partial charge in [0.05, 0.1) is 5.92 Å². The summed E-state index contributed by atoms with van der Waals surface area (Å²) in [6.07, 6.45) is 1.73. The summed E-state index contributed by atoms with van der Waals surface area (Å²) in [4.78, 5) is 11.9. The Balaban J connectivity index is 2.20. The van der Waals surface area contributed by atoms with Gasteiger partial charge in [-0.15, -0.1) is 0 Å². The molecule has 0 aliphatic carbocycles. The number of allylic oxidation sites excluding steroid dienone is 1. The van der Waals surface area contributed by atoms with Crippen molar-refractivity contribution in [1.82, 2.24) is 5.32 Å². The molecular formula is C16H21NO. The highest BCUT2D eigenvalue weighted by Crippen LogP contribution is 2.29. The minimum atomic E-state index is -0.0236. The van der Waals surface area contributed by atoms with Gasteiger partial charge in [-0.2, -0.15) is 0 Å². The van der Waals surface area contributed by atoms with Crippen molar-refractivity contribution >= 4 is 5.91 Å². The topological polar surface area (TPSA) is 29.1 Å². The minimum absolute atomic E-state index is 0.0236. The van der Waals surface area contributed by atoms with Crippen molar-refractivity contribution in [3.63, 3.8) is 0 Å². The van der Waals surface area contributed by atoms with Gasteiger partial charge in [0, 0.05) is 5.70 Å². The van der Waals surface area contributed by atoms with Crippen LogP contribution < -0.4 is 5.32 Å². The SMILES string of the molecule is C=C1CCC(c2ccc(C(C)(C)C)cc2)C(=O)N1. The number of amides is 1. The number of hydrogen-bond acceptors (Lipinski definition) is 1. The second kappa shape index (κ2) is 4.60. The van der Waals surface area contributed by atoms with E-state index in [9.17, 15) is 4.79 Å². The van der Waals surface area contributed by atoms with Crippen LogP contribution in [-0.4, -0.2) is 5.91 Å². The molecule has 1 atom stereocenters. The normalized spacial score (nSPS) is 20.7. The molecular weight excluding hydrogens is 222 g/mol. The largest absolute Gasteiger partial charge is 0.330 e. The molecule has 0 saturated carbocycles. The Labute approximate surface area is 109 Å². The van der Waals surface area contributed by atoms with Gasteiger partial charge in [0.1, 0.15) is 0 Å². The van der Waals surface area contributed by atoms with Crippen LogP contribution in [0.3, 0.4) is 0 Å². The number of carbonyl (C=O) groups is 1. The first-order valence-electron chi connectivity index (χ1n) is 6.47. The van der Waals surface area contributed by atoms with Crippen LogP contribution in [-0.2, 0) is 10.2 Å². The van der Waals surface area contributed by atoms with Crippen LogP contribution in [0.4, 0.5) is 0 Å². The predicted octanol–water partition coefficient (Wildman–Crippen LogP) is 3.49. The summed E-state index contributed by atoms with van der Waals surface area (Å²) in [5, 5.41) is 2.84. The van der Waals surface area contributed by atoms with Crippen LogP contribution in [0.1, 0.15) is 50.7 Å². The fourth-order valence-electron chi connectivity index (χ4n) is 2.31. The van der Waals surface area contributed by atoms with Crippen molar-refractivity contribution in [2.45, 2.75) is 44.9 Å². The van der Waals surface area contributed by atoms with Crippen LogP contribution in [0.15, 0.2) is 36.5 Å². The summed E-state index contributed by atoms with van der Waals surface area (Å²) in [6.45, 7) is 10.4. The minimum Gasteiger partial charge on any atom is -0.330 e. The zero-order valence-corrected chi connectivity index (χ0v) is 11.4. The molecule has 0 spiro atoms. The molecule has 2 nitrogen and oxygen atoms in total. The lowest BCUT2D eigenvalue weighted by Crippen LogP contribution is -2.33. The first-order chi connectivity index (χ1) is 8.38. The molecule has 1 N–H and O–H groups in total. The van der Waals surface area contributed by atoms with Crippen molar-refractivity contribution in [2.75, 3.05) is 0 Å². The number of rotatable bonds is 1. The van der Waals surface area contributed by atoms with Crippen molar-refractivity contribution in [3.05, 3.63) is 47.7 Å². The van der Waals surface area contributed by atoms with Gasteiger partial charge in [-0.05, 0) is 29.4 Å². The maximum absolute atomic E-state index is 11.9. The Kier molecular flexibility index (Phi) is 3.29. The molecule has 1 aliphatic rings. The fourth-order valence-corrected chi connectivity index (χ4v) is 2.31. The molecule has 1 amide bonds. The molecule has 1 aliphatic heterocycles. The lowest BCUT2D eigenvalue weighted by Gasteiger charge is -2.25. The van der Waals surface area contributed by atoms with E-state index >= 15 is 0 Å². The maximum atomic E-state index is 11.9. The molecule has 1 aromatic carbocycles. The Morgan fingerprint density at radius 1 is 1.22 bits per heavy atom. The standard InChI is InChI=1S/C16H21NO/c1-11-5-10-14(15(18)17-11)12-6-8-13(9-7-12)16(2,3)4/h6-9,14H,1,5,10H2,2-4H3,(H,17,18). The Bertz CT molecular complexity index is 465.